The Morgan fingerprint density at radius 2 is 2.00 bits per heavy atom. The second kappa shape index (κ2) is 5.46. The molecular formula is C13H14N2OS2. The number of aryl methyl sites for hydroxylation is 1. The summed E-state index contributed by atoms with van der Waals surface area (Å²) in [4.78, 5) is 14.8. The van der Waals surface area contributed by atoms with Gasteiger partial charge in [-0.25, -0.2) is 0 Å². The molecule has 0 fully saturated rings. The van der Waals surface area contributed by atoms with Crippen LogP contribution in [0, 0.1) is 6.92 Å². The maximum absolute atomic E-state index is 12.0. The average Bonchev–Trinajstić information content (AvgIpc) is 2.71. The molecule has 2 aromatic rings. The molecule has 1 aromatic heterocycles. The summed E-state index contributed by atoms with van der Waals surface area (Å²) in [5.74, 6) is -0.114. The minimum absolute atomic E-state index is 0.114. The van der Waals surface area contributed by atoms with E-state index < -0.39 is 0 Å². The molecule has 18 heavy (non-hydrogen) atoms. The molecule has 0 spiro atoms. The standard InChI is InChI=1S/C13H14N2OS2/c1-8-11(14)7-12(18-8)13(16)15-9-3-5-10(17-2)6-4-9/h3-7H,14H2,1-2H3,(H,15,16). The second-order valence-corrected chi connectivity index (χ2v) is 5.94. The van der Waals surface area contributed by atoms with Gasteiger partial charge in [-0.2, -0.15) is 0 Å². The van der Waals surface area contributed by atoms with Crippen LogP contribution in [0.2, 0.25) is 0 Å². The van der Waals surface area contributed by atoms with Gasteiger partial charge in [-0.3, -0.25) is 4.79 Å². The lowest BCUT2D eigenvalue weighted by Gasteiger charge is -2.04. The number of benzene rings is 1. The normalized spacial score (nSPS) is 10.3. The molecule has 0 saturated heterocycles. The van der Waals surface area contributed by atoms with Crippen LogP contribution in [0.4, 0.5) is 11.4 Å². The molecule has 2 rings (SSSR count). The third-order valence-corrected chi connectivity index (χ3v) is 4.34. The van der Waals surface area contributed by atoms with Gasteiger partial charge >= 0.3 is 0 Å². The minimum atomic E-state index is -0.114. The number of thioether (sulfide) groups is 1. The number of thiophene rings is 1. The van der Waals surface area contributed by atoms with Crippen LogP contribution >= 0.6 is 23.1 Å². The monoisotopic (exact) mass is 278 g/mol. The number of amides is 1. The Bertz CT molecular complexity index is 541. The first-order valence-electron chi connectivity index (χ1n) is 5.41. The van der Waals surface area contributed by atoms with E-state index in [9.17, 15) is 4.79 Å². The molecule has 5 heteroatoms. The van der Waals surface area contributed by atoms with Crippen molar-refractivity contribution in [2.75, 3.05) is 17.3 Å². The van der Waals surface area contributed by atoms with Gasteiger partial charge in [0.25, 0.3) is 5.91 Å². The Hall–Kier alpha value is -1.46. The summed E-state index contributed by atoms with van der Waals surface area (Å²) in [7, 11) is 0. The van der Waals surface area contributed by atoms with E-state index in [4.69, 9.17) is 5.73 Å². The highest BCUT2D eigenvalue weighted by molar-refractivity contribution is 7.98. The fourth-order valence-corrected chi connectivity index (χ4v) is 2.72. The molecule has 1 amide bonds. The highest BCUT2D eigenvalue weighted by Crippen LogP contribution is 2.24. The van der Waals surface area contributed by atoms with Gasteiger partial charge < -0.3 is 11.1 Å². The van der Waals surface area contributed by atoms with Gasteiger partial charge in [-0.1, -0.05) is 0 Å². The number of nitrogens with two attached hydrogens (primary N) is 1. The number of carbonyl (C=O) groups is 1. The molecule has 0 radical (unpaired) electrons. The Kier molecular flexibility index (Phi) is 3.93. The molecule has 0 aliphatic carbocycles. The van der Waals surface area contributed by atoms with E-state index in [1.54, 1.807) is 17.8 Å². The van der Waals surface area contributed by atoms with E-state index in [2.05, 4.69) is 5.32 Å². The predicted octanol–water partition coefficient (Wildman–Crippen LogP) is 3.61. The number of rotatable bonds is 3. The van der Waals surface area contributed by atoms with Gasteiger partial charge in [-0.05, 0) is 43.5 Å². The Balaban J connectivity index is 2.10. The summed E-state index contributed by atoms with van der Waals surface area (Å²) in [6.07, 6.45) is 2.02. The van der Waals surface area contributed by atoms with Crippen molar-refractivity contribution in [3.8, 4) is 0 Å². The number of anilines is 2. The Morgan fingerprint density at radius 3 is 2.50 bits per heavy atom. The first-order valence-corrected chi connectivity index (χ1v) is 7.45. The van der Waals surface area contributed by atoms with Gasteiger partial charge in [0, 0.05) is 21.1 Å². The van der Waals surface area contributed by atoms with Crippen molar-refractivity contribution in [1.82, 2.24) is 0 Å². The summed E-state index contributed by atoms with van der Waals surface area (Å²) in [5, 5.41) is 2.86. The third kappa shape index (κ3) is 2.86. The van der Waals surface area contributed by atoms with E-state index in [1.807, 2.05) is 37.4 Å². The smallest absolute Gasteiger partial charge is 0.265 e. The van der Waals surface area contributed by atoms with Crippen molar-refractivity contribution in [3.05, 3.63) is 40.1 Å². The summed E-state index contributed by atoms with van der Waals surface area (Å²) in [6.45, 7) is 1.91. The maximum Gasteiger partial charge on any atom is 0.265 e. The second-order valence-electron chi connectivity index (χ2n) is 3.80. The van der Waals surface area contributed by atoms with Gasteiger partial charge in [0.15, 0.2) is 0 Å². The Labute approximate surface area is 114 Å². The van der Waals surface area contributed by atoms with E-state index in [-0.39, 0.29) is 5.91 Å². The van der Waals surface area contributed by atoms with Crippen LogP contribution in [0.5, 0.6) is 0 Å². The lowest BCUT2D eigenvalue weighted by atomic mass is 10.3. The van der Waals surface area contributed by atoms with Crippen molar-refractivity contribution in [2.45, 2.75) is 11.8 Å². The molecule has 3 nitrogen and oxygen atoms in total. The van der Waals surface area contributed by atoms with Crippen molar-refractivity contribution < 1.29 is 4.79 Å². The highest BCUT2D eigenvalue weighted by Gasteiger charge is 2.10. The first-order chi connectivity index (χ1) is 8.60. The SMILES string of the molecule is CSc1ccc(NC(=O)c2cc(N)c(C)s2)cc1. The molecule has 94 valence electrons. The fraction of sp³-hybridized carbons (Fsp3) is 0.154. The summed E-state index contributed by atoms with van der Waals surface area (Å²) in [5.41, 5.74) is 7.20. The topological polar surface area (TPSA) is 55.1 Å². The minimum Gasteiger partial charge on any atom is -0.398 e. The van der Waals surface area contributed by atoms with Crippen molar-refractivity contribution in [2.24, 2.45) is 0 Å². The van der Waals surface area contributed by atoms with Crippen molar-refractivity contribution in [1.29, 1.82) is 0 Å². The van der Waals surface area contributed by atoms with Crippen LogP contribution in [0.1, 0.15) is 14.5 Å². The van der Waals surface area contributed by atoms with E-state index in [1.165, 1.54) is 16.2 Å². The van der Waals surface area contributed by atoms with Gasteiger partial charge in [0.1, 0.15) is 0 Å². The third-order valence-electron chi connectivity index (χ3n) is 2.53. The molecule has 1 aromatic carbocycles. The molecule has 0 unspecified atom stereocenters. The summed E-state index contributed by atoms with van der Waals surface area (Å²) < 4.78 is 0. The number of hydrogen-bond donors (Lipinski definition) is 2. The number of nitrogens with one attached hydrogen (secondary N) is 1. The fourth-order valence-electron chi connectivity index (χ4n) is 1.48. The number of hydrogen-bond acceptors (Lipinski definition) is 4. The molecule has 3 N–H and O–H groups in total. The zero-order chi connectivity index (χ0) is 13.1. The lowest BCUT2D eigenvalue weighted by molar-refractivity contribution is 0.103. The van der Waals surface area contributed by atoms with Gasteiger partial charge in [0.05, 0.1) is 4.88 Å². The molecule has 0 aliphatic heterocycles. The van der Waals surface area contributed by atoms with E-state index in [0.29, 0.717) is 10.6 Å². The average molecular weight is 278 g/mol. The van der Waals surface area contributed by atoms with E-state index in [0.717, 1.165) is 10.6 Å². The van der Waals surface area contributed by atoms with Crippen LogP contribution in [-0.2, 0) is 0 Å². The lowest BCUT2D eigenvalue weighted by Crippen LogP contribution is -2.09. The van der Waals surface area contributed by atoms with Crippen LogP contribution < -0.4 is 11.1 Å². The maximum atomic E-state index is 12.0. The van der Waals surface area contributed by atoms with Crippen LogP contribution in [0.3, 0.4) is 0 Å². The molecule has 1 heterocycles. The Morgan fingerprint density at radius 1 is 1.33 bits per heavy atom. The summed E-state index contributed by atoms with van der Waals surface area (Å²) >= 11 is 3.08. The quantitative estimate of drug-likeness (QED) is 0.843. The first kappa shape index (κ1) is 13.0. The molecule has 0 aliphatic rings. The highest BCUT2D eigenvalue weighted by atomic mass is 32.2. The summed E-state index contributed by atoms with van der Waals surface area (Å²) in [6, 6.07) is 9.47. The van der Waals surface area contributed by atoms with Crippen LogP contribution in [0.25, 0.3) is 0 Å². The van der Waals surface area contributed by atoms with E-state index >= 15 is 0 Å². The van der Waals surface area contributed by atoms with Crippen LogP contribution in [-0.4, -0.2) is 12.2 Å². The van der Waals surface area contributed by atoms with Crippen molar-refractivity contribution >= 4 is 40.4 Å². The van der Waals surface area contributed by atoms with Crippen molar-refractivity contribution in [3.63, 3.8) is 0 Å². The molecule has 0 saturated carbocycles. The van der Waals surface area contributed by atoms with Crippen LogP contribution in [0.15, 0.2) is 35.2 Å². The largest absolute Gasteiger partial charge is 0.398 e. The number of carbonyl (C=O) groups excluding carboxylic acids is 1. The predicted molar refractivity (Wildman–Crippen MR) is 79.6 cm³/mol. The number of nitrogen functional groups attached to an aromatic ring is 1. The molecule has 0 atom stereocenters. The van der Waals surface area contributed by atoms with Gasteiger partial charge in [0.2, 0.25) is 0 Å². The molecular weight excluding hydrogens is 264 g/mol. The zero-order valence-electron chi connectivity index (χ0n) is 10.2. The zero-order valence-corrected chi connectivity index (χ0v) is 11.8. The molecule has 0 bridgehead atoms. The van der Waals surface area contributed by atoms with Gasteiger partial charge in [-0.15, -0.1) is 23.1 Å².